The zero-order valence-corrected chi connectivity index (χ0v) is 11.9. The van der Waals surface area contributed by atoms with Crippen molar-refractivity contribution in [3.63, 3.8) is 0 Å². The van der Waals surface area contributed by atoms with Crippen LogP contribution in [0.15, 0.2) is 28.1 Å². The van der Waals surface area contributed by atoms with Crippen LogP contribution in [0.4, 0.5) is 0 Å². The summed E-state index contributed by atoms with van der Waals surface area (Å²) < 4.78 is 6.20. The zero-order valence-electron chi connectivity index (χ0n) is 9.51. The number of carboxylic acid groups (broad SMARTS) is 1. The second kappa shape index (κ2) is 5.49. The fraction of sp³-hybridized carbons (Fsp3) is 0.167. The van der Waals surface area contributed by atoms with Crippen LogP contribution in [0, 0.1) is 6.92 Å². The molecule has 0 spiro atoms. The predicted octanol–water partition coefficient (Wildman–Crippen LogP) is 3.49. The van der Waals surface area contributed by atoms with E-state index < -0.39 is 5.97 Å². The third-order valence-corrected chi connectivity index (χ3v) is 3.62. The van der Waals surface area contributed by atoms with Crippen LogP contribution in [-0.2, 0) is 6.61 Å². The smallest absolute Gasteiger partial charge is 0.339 e. The third-order valence-electron chi connectivity index (χ3n) is 2.19. The van der Waals surface area contributed by atoms with E-state index in [0.717, 1.165) is 10.7 Å². The molecular weight excluding hydrogens is 318 g/mol. The van der Waals surface area contributed by atoms with Gasteiger partial charge in [-0.3, -0.25) is 0 Å². The van der Waals surface area contributed by atoms with Gasteiger partial charge in [0.1, 0.15) is 22.9 Å². The van der Waals surface area contributed by atoms with Gasteiger partial charge in [0.25, 0.3) is 0 Å². The molecule has 94 valence electrons. The van der Waals surface area contributed by atoms with Gasteiger partial charge in [0.05, 0.1) is 0 Å². The summed E-state index contributed by atoms with van der Waals surface area (Å²) in [4.78, 5) is 15.3. The van der Waals surface area contributed by atoms with Crippen molar-refractivity contribution in [2.24, 2.45) is 0 Å². The number of aryl methyl sites for hydroxylation is 1. The number of carbonyl (C=O) groups is 1. The highest BCUT2D eigenvalue weighted by atomic mass is 79.9. The average molecular weight is 328 g/mol. The first-order valence-electron chi connectivity index (χ1n) is 5.13. The number of thiazole rings is 1. The van der Waals surface area contributed by atoms with Crippen LogP contribution in [0.3, 0.4) is 0 Å². The van der Waals surface area contributed by atoms with Crippen LogP contribution in [0.25, 0.3) is 0 Å². The number of halogens is 1. The Hall–Kier alpha value is -1.40. The Balaban J connectivity index is 2.16. The molecule has 4 nitrogen and oxygen atoms in total. The first-order chi connectivity index (χ1) is 8.56. The fourth-order valence-electron chi connectivity index (χ4n) is 1.40. The lowest BCUT2D eigenvalue weighted by molar-refractivity contribution is 0.0691. The molecule has 0 radical (unpaired) electrons. The highest BCUT2D eigenvalue weighted by Gasteiger charge is 2.12. The number of hydrogen-bond donors (Lipinski definition) is 1. The van der Waals surface area contributed by atoms with Gasteiger partial charge >= 0.3 is 5.97 Å². The topological polar surface area (TPSA) is 59.4 Å². The summed E-state index contributed by atoms with van der Waals surface area (Å²) in [7, 11) is 0. The van der Waals surface area contributed by atoms with Crippen LogP contribution < -0.4 is 4.74 Å². The monoisotopic (exact) mass is 327 g/mol. The Morgan fingerprint density at radius 1 is 1.56 bits per heavy atom. The maximum atomic E-state index is 11.1. The lowest BCUT2D eigenvalue weighted by atomic mass is 10.2. The highest BCUT2D eigenvalue weighted by molar-refractivity contribution is 9.10. The third kappa shape index (κ3) is 3.08. The molecule has 0 saturated heterocycles. The van der Waals surface area contributed by atoms with E-state index in [9.17, 15) is 4.79 Å². The van der Waals surface area contributed by atoms with Gasteiger partial charge in [-0.15, -0.1) is 11.3 Å². The van der Waals surface area contributed by atoms with Crippen LogP contribution in [0.1, 0.15) is 21.1 Å². The number of benzene rings is 1. The molecule has 0 aliphatic heterocycles. The summed E-state index contributed by atoms with van der Waals surface area (Å²) >= 11 is 4.73. The lowest BCUT2D eigenvalue weighted by Crippen LogP contribution is -2.03. The number of aromatic carboxylic acids is 1. The van der Waals surface area contributed by atoms with Crippen molar-refractivity contribution in [2.75, 3.05) is 0 Å². The molecule has 1 N–H and O–H groups in total. The molecule has 0 aliphatic rings. The van der Waals surface area contributed by atoms with E-state index >= 15 is 0 Å². The molecule has 0 fully saturated rings. The first-order valence-corrected chi connectivity index (χ1v) is 6.80. The van der Waals surface area contributed by atoms with E-state index in [-0.39, 0.29) is 12.2 Å². The van der Waals surface area contributed by atoms with Crippen molar-refractivity contribution in [2.45, 2.75) is 13.5 Å². The van der Waals surface area contributed by atoms with Crippen molar-refractivity contribution in [1.29, 1.82) is 0 Å². The van der Waals surface area contributed by atoms with E-state index in [0.29, 0.717) is 10.2 Å². The molecular formula is C12H10BrNO3S. The van der Waals surface area contributed by atoms with Gasteiger partial charge in [0.15, 0.2) is 0 Å². The lowest BCUT2D eigenvalue weighted by Gasteiger charge is -2.07. The summed E-state index contributed by atoms with van der Waals surface area (Å²) in [5, 5.41) is 11.8. The van der Waals surface area contributed by atoms with Crippen molar-refractivity contribution in [1.82, 2.24) is 4.98 Å². The highest BCUT2D eigenvalue weighted by Crippen LogP contribution is 2.24. The molecule has 1 aromatic heterocycles. The number of hydrogen-bond acceptors (Lipinski definition) is 4. The molecule has 1 heterocycles. The van der Waals surface area contributed by atoms with E-state index in [1.54, 1.807) is 12.1 Å². The number of rotatable bonds is 4. The molecule has 0 amide bonds. The second-order valence-corrected chi connectivity index (χ2v) is 5.48. The number of ether oxygens (including phenoxy) is 1. The molecule has 2 aromatic rings. The predicted molar refractivity (Wildman–Crippen MR) is 72.3 cm³/mol. The van der Waals surface area contributed by atoms with E-state index in [2.05, 4.69) is 20.9 Å². The molecule has 1 aromatic carbocycles. The van der Waals surface area contributed by atoms with Gasteiger partial charge < -0.3 is 9.84 Å². The zero-order chi connectivity index (χ0) is 13.1. The normalized spacial score (nSPS) is 10.3. The van der Waals surface area contributed by atoms with E-state index in [1.807, 2.05) is 12.3 Å². The summed E-state index contributed by atoms with van der Waals surface area (Å²) in [6.07, 6.45) is 0. The van der Waals surface area contributed by atoms with Crippen LogP contribution >= 0.6 is 27.3 Å². The van der Waals surface area contributed by atoms with Crippen molar-refractivity contribution in [3.8, 4) is 5.75 Å². The SMILES string of the molecule is Cc1csc(COc2ccc(Br)cc2C(=O)O)n1. The van der Waals surface area contributed by atoms with E-state index in [1.165, 1.54) is 17.4 Å². The quantitative estimate of drug-likeness (QED) is 0.933. The van der Waals surface area contributed by atoms with Gasteiger partial charge in [-0.1, -0.05) is 15.9 Å². The molecule has 2 rings (SSSR count). The molecule has 0 unspecified atom stereocenters. The molecule has 18 heavy (non-hydrogen) atoms. The Labute approximate surface area is 116 Å². The standard InChI is InChI=1S/C12H10BrNO3S/c1-7-6-18-11(14-7)5-17-10-3-2-8(13)4-9(10)12(15)16/h2-4,6H,5H2,1H3,(H,15,16). The first kappa shape index (κ1) is 13.0. The molecule has 0 aliphatic carbocycles. The minimum Gasteiger partial charge on any atom is -0.486 e. The molecule has 0 saturated carbocycles. The van der Waals surface area contributed by atoms with Crippen molar-refractivity contribution in [3.05, 3.63) is 44.3 Å². The fourth-order valence-corrected chi connectivity index (χ4v) is 2.45. The number of aromatic nitrogens is 1. The van der Waals surface area contributed by atoms with Gasteiger partial charge in [0.2, 0.25) is 0 Å². The second-order valence-electron chi connectivity index (χ2n) is 3.62. The maximum Gasteiger partial charge on any atom is 0.339 e. The van der Waals surface area contributed by atoms with Crippen LogP contribution in [0.5, 0.6) is 5.75 Å². The van der Waals surface area contributed by atoms with Crippen molar-refractivity contribution < 1.29 is 14.6 Å². The van der Waals surface area contributed by atoms with Gasteiger partial charge in [0, 0.05) is 15.5 Å². The largest absolute Gasteiger partial charge is 0.486 e. The number of nitrogens with zero attached hydrogens (tertiary/aromatic N) is 1. The molecule has 0 bridgehead atoms. The van der Waals surface area contributed by atoms with Gasteiger partial charge in [-0.2, -0.15) is 0 Å². The average Bonchev–Trinajstić information content (AvgIpc) is 2.73. The Kier molecular flexibility index (Phi) is 3.98. The Bertz CT molecular complexity index is 582. The van der Waals surface area contributed by atoms with Crippen molar-refractivity contribution >= 4 is 33.2 Å². The Morgan fingerprint density at radius 2 is 2.33 bits per heavy atom. The minimum atomic E-state index is -1.01. The summed E-state index contributed by atoms with van der Waals surface area (Å²) in [5.74, 6) is -0.667. The Morgan fingerprint density at radius 3 is 2.94 bits per heavy atom. The van der Waals surface area contributed by atoms with Gasteiger partial charge in [-0.25, -0.2) is 9.78 Å². The van der Waals surface area contributed by atoms with Crippen LogP contribution in [0.2, 0.25) is 0 Å². The maximum absolute atomic E-state index is 11.1. The molecule has 6 heteroatoms. The molecule has 0 atom stereocenters. The summed E-state index contributed by atoms with van der Waals surface area (Å²) in [6, 6.07) is 4.90. The minimum absolute atomic E-state index is 0.137. The van der Waals surface area contributed by atoms with Crippen LogP contribution in [-0.4, -0.2) is 16.1 Å². The summed E-state index contributed by atoms with van der Waals surface area (Å²) in [5.41, 5.74) is 1.07. The number of carboxylic acids is 1. The van der Waals surface area contributed by atoms with E-state index in [4.69, 9.17) is 9.84 Å². The summed E-state index contributed by atoms with van der Waals surface area (Å²) in [6.45, 7) is 2.18. The van der Waals surface area contributed by atoms with Gasteiger partial charge in [-0.05, 0) is 25.1 Å².